The molecule has 0 saturated heterocycles. The quantitative estimate of drug-likeness (QED) is 0.190. The fourth-order valence-electron chi connectivity index (χ4n) is 4.48. The summed E-state index contributed by atoms with van der Waals surface area (Å²) in [7, 11) is 1.60. The van der Waals surface area contributed by atoms with Crippen molar-refractivity contribution in [3.05, 3.63) is 81.9 Å². The van der Waals surface area contributed by atoms with Crippen molar-refractivity contribution in [3.8, 4) is 5.75 Å². The van der Waals surface area contributed by atoms with Gasteiger partial charge in [-0.25, -0.2) is 4.79 Å². The third kappa shape index (κ3) is 4.98. The van der Waals surface area contributed by atoms with E-state index in [0.717, 1.165) is 47.8 Å². The number of methoxy groups -OCH3 is 1. The highest BCUT2D eigenvalue weighted by Gasteiger charge is 2.33. The van der Waals surface area contributed by atoms with Gasteiger partial charge in [0.1, 0.15) is 11.9 Å². The van der Waals surface area contributed by atoms with E-state index in [1.807, 2.05) is 31.2 Å². The first-order chi connectivity index (χ1) is 16.0. The van der Waals surface area contributed by atoms with E-state index in [1.165, 1.54) is 24.3 Å². The number of ether oxygens (including phenoxy) is 3. The smallest absolute Gasteiger partial charge is 0.338 e. The first kappa shape index (κ1) is 22.7. The Morgan fingerprint density at radius 3 is 2.48 bits per heavy atom. The minimum Gasteiger partial charge on any atom is -0.465 e. The molecule has 0 radical (unpaired) electrons. The molecule has 3 aromatic carbocycles. The summed E-state index contributed by atoms with van der Waals surface area (Å²) in [6, 6.07) is 17.6. The fraction of sp³-hybridized carbons (Fsp3) is 0.346. The van der Waals surface area contributed by atoms with Gasteiger partial charge in [0.2, 0.25) is 0 Å². The summed E-state index contributed by atoms with van der Waals surface area (Å²) in [6.07, 6.45) is 2.85. The van der Waals surface area contributed by atoms with Crippen LogP contribution in [0.1, 0.15) is 54.4 Å². The second kappa shape index (κ2) is 10.0. The zero-order chi connectivity index (χ0) is 23.4. The van der Waals surface area contributed by atoms with Gasteiger partial charge in [0.15, 0.2) is 6.29 Å². The molecule has 172 valence electrons. The molecule has 0 unspecified atom stereocenters. The lowest BCUT2D eigenvalue weighted by Gasteiger charge is -2.33. The number of carbonyl (C=O) groups is 1. The van der Waals surface area contributed by atoms with Crippen LogP contribution in [0.4, 0.5) is 5.69 Å². The van der Waals surface area contributed by atoms with E-state index in [2.05, 4.69) is 12.1 Å². The van der Waals surface area contributed by atoms with Crippen LogP contribution in [0.15, 0.2) is 60.7 Å². The number of carbonyl (C=O) groups excluding carboxylic acids is 1. The van der Waals surface area contributed by atoms with Gasteiger partial charge in [0, 0.05) is 30.7 Å². The van der Waals surface area contributed by atoms with Gasteiger partial charge in [0.05, 0.1) is 10.5 Å². The third-order valence-corrected chi connectivity index (χ3v) is 6.20. The van der Waals surface area contributed by atoms with Gasteiger partial charge in [-0.2, -0.15) is 0 Å². The lowest BCUT2D eigenvalue weighted by atomic mass is 9.79. The number of rotatable bonds is 7. The molecule has 4 rings (SSSR count). The molecule has 1 aliphatic rings. The maximum Gasteiger partial charge on any atom is 0.338 e. The maximum atomic E-state index is 12.9. The van der Waals surface area contributed by atoms with E-state index < -0.39 is 17.2 Å². The molecule has 0 aliphatic heterocycles. The molecule has 0 aromatic heterocycles. The van der Waals surface area contributed by atoms with Gasteiger partial charge in [-0.15, -0.1) is 0 Å². The van der Waals surface area contributed by atoms with Crippen molar-refractivity contribution in [2.75, 3.05) is 7.11 Å². The molecule has 7 heteroatoms. The minimum absolute atomic E-state index is 0.0362. The van der Waals surface area contributed by atoms with Crippen molar-refractivity contribution >= 4 is 22.4 Å². The number of esters is 1. The molecular weight excluding hydrogens is 422 g/mol. The van der Waals surface area contributed by atoms with Gasteiger partial charge in [-0.05, 0) is 55.2 Å². The minimum atomic E-state index is -0.491. The Kier molecular flexibility index (Phi) is 6.89. The second-order valence-corrected chi connectivity index (χ2v) is 8.26. The molecule has 0 bridgehead atoms. The number of hydrogen-bond donors (Lipinski definition) is 0. The molecule has 3 aromatic rings. The molecule has 1 aliphatic carbocycles. The molecule has 0 amide bonds. The summed E-state index contributed by atoms with van der Waals surface area (Å²) < 4.78 is 17.4. The molecule has 3 atom stereocenters. The Balaban J connectivity index is 1.67. The molecule has 1 fully saturated rings. The van der Waals surface area contributed by atoms with E-state index in [4.69, 9.17) is 14.2 Å². The first-order valence-electron chi connectivity index (χ1n) is 11.1. The average Bonchev–Trinajstić information content (AvgIpc) is 2.84. The number of nitro benzene ring substituents is 1. The van der Waals surface area contributed by atoms with E-state index in [9.17, 15) is 14.9 Å². The Labute approximate surface area is 192 Å². The van der Waals surface area contributed by atoms with Crippen molar-refractivity contribution in [2.45, 2.75) is 50.9 Å². The molecular formula is C26H27NO6. The third-order valence-electron chi connectivity index (χ3n) is 6.20. The monoisotopic (exact) mass is 449 g/mol. The van der Waals surface area contributed by atoms with Crippen LogP contribution in [0.5, 0.6) is 5.75 Å². The average molecular weight is 450 g/mol. The number of benzene rings is 3. The van der Waals surface area contributed by atoms with Crippen LogP contribution in [-0.4, -0.2) is 30.4 Å². The summed E-state index contributed by atoms with van der Waals surface area (Å²) in [5.41, 5.74) is 1.26. The molecule has 0 spiro atoms. The number of hydrogen-bond acceptors (Lipinski definition) is 6. The van der Waals surface area contributed by atoms with Crippen LogP contribution in [-0.2, 0) is 9.47 Å². The number of fused-ring (bicyclic) bond motifs is 1. The number of non-ortho nitro benzene ring substituents is 1. The highest BCUT2D eigenvalue weighted by molar-refractivity contribution is 5.90. The van der Waals surface area contributed by atoms with E-state index in [-0.39, 0.29) is 17.7 Å². The molecule has 7 nitrogen and oxygen atoms in total. The fourth-order valence-corrected chi connectivity index (χ4v) is 4.48. The second-order valence-electron chi connectivity index (χ2n) is 8.26. The Bertz CT molecular complexity index is 1140. The van der Waals surface area contributed by atoms with Crippen molar-refractivity contribution < 1.29 is 23.9 Å². The van der Waals surface area contributed by atoms with Crippen LogP contribution in [0.25, 0.3) is 10.8 Å². The van der Waals surface area contributed by atoms with Crippen molar-refractivity contribution in [1.29, 1.82) is 0 Å². The standard InChI is InChI=1S/C26H27NO6/c1-17(31-2)32-24-16-13-18-7-3-4-8-21(18)25(24)22-9-5-6-10-23(22)33-26(28)19-11-14-20(15-12-19)27(29)30/h3-4,7-8,11-17,22-23H,5-6,9-10H2,1-2H3/t17-,22+,23-/m1/s1. The highest BCUT2D eigenvalue weighted by atomic mass is 16.7. The van der Waals surface area contributed by atoms with Gasteiger partial charge in [-0.1, -0.05) is 36.8 Å². The maximum absolute atomic E-state index is 12.9. The predicted molar refractivity (Wildman–Crippen MR) is 125 cm³/mol. The van der Waals surface area contributed by atoms with Crippen molar-refractivity contribution in [2.24, 2.45) is 0 Å². The van der Waals surface area contributed by atoms with Gasteiger partial charge < -0.3 is 14.2 Å². The Morgan fingerprint density at radius 2 is 1.76 bits per heavy atom. The first-order valence-corrected chi connectivity index (χ1v) is 11.1. The Morgan fingerprint density at radius 1 is 1.03 bits per heavy atom. The van der Waals surface area contributed by atoms with Gasteiger partial charge >= 0.3 is 5.97 Å². The highest BCUT2D eigenvalue weighted by Crippen LogP contribution is 2.43. The van der Waals surface area contributed by atoms with Crippen LogP contribution >= 0.6 is 0 Å². The molecule has 0 heterocycles. The molecule has 1 saturated carbocycles. The normalized spacial score (nSPS) is 19.1. The van der Waals surface area contributed by atoms with Gasteiger partial charge in [-0.3, -0.25) is 10.1 Å². The lowest BCUT2D eigenvalue weighted by Crippen LogP contribution is -2.29. The van der Waals surface area contributed by atoms with E-state index in [0.29, 0.717) is 5.56 Å². The summed E-state index contributed by atoms with van der Waals surface area (Å²) in [5.74, 6) is 0.215. The zero-order valence-corrected chi connectivity index (χ0v) is 18.7. The molecule has 0 N–H and O–H groups in total. The summed E-state index contributed by atoms with van der Waals surface area (Å²) in [6.45, 7) is 1.84. The summed E-state index contributed by atoms with van der Waals surface area (Å²) in [5, 5.41) is 13.1. The largest absolute Gasteiger partial charge is 0.465 e. The van der Waals surface area contributed by atoms with Crippen LogP contribution < -0.4 is 4.74 Å². The summed E-state index contributed by atoms with van der Waals surface area (Å²) >= 11 is 0. The van der Waals surface area contributed by atoms with Gasteiger partial charge in [0.25, 0.3) is 5.69 Å². The molecule has 33 heavy (non-hydrogen) atoms. The van der Waals surface area contributed by atoms with E-state index >= 15 is 0 Å². The predicted octanol–water partition coefficient (Wildman–Crippen LogP) is 6.00. The van der Waals surface area contributed by atoms with E-state index in [1.54, 1.807) is 7.11 Å². The van der Waals surface area contributed by atoms with Crippen LogP contribution in [0, 0.1) is 10.1 Å². The zero-order valence-electron chi connectivity index (χ0n) is 18.7. The van der Waals surface area contributed by atoms with Crippen LogP contribution in [0.3, 0.4) is 0 Å². The number of nitrogens with zero attached hydrogens (tertiary/aromatic N) is 1. The number of nitro groups is 1. The van der Waals surface area contributed by atoms with Crippen LogP contribution in [0.2, 0.25) is 0 Å². The topological polar surface area (TPSA) is 87.9 Å². The Hall–Kier alpha value is -3.45. The lowest BCUT2D eigenvalue weighted by molar-refractivity contribution is -0.384. The van der Waals surface area contributed by atoms with Crippen molar-refractivity contribution in [3.63, 3.8) is 0 Å². The SMILES string of the molecule is CO[C@@H](C)Oc1ccc2ccccc2c1[C@H]1CCCC[C@H]1OC(=O)c1ccc([N+](=O)[O-])cc1. The summed E-state index contributed by atoms with van der Waals surface area (Å²) in [4.78, 5) is 23.3. The van der Waals surface area contributed by atoms with Crippen molar-refractivity contribution in [1.82, 2.24) is 0 Å².